The molecule has 3 rings (SSSR count). The van der Waals surface area contributed by atoms with Crippen LogP contribution in [0.2, 0.25) is 0 Å². The summed E-state index contributed by atoms with van der Waals surface area (Å²) < 4.78 is 28.6. The number of fused-ring (bicyclic) bond motifs is 1. The molecule has 1 aliphatic heterocycles. The van der Waals surface area contributed by atoms with Gasteiger partial charge in [-0.2, -0.15) is 0 Å². The first kappa shape index (κ1) is 25.5. The first-order valence-electron chi connectivity index (χ1n) is 11.4. The molecule has 10 heteroatoms. The molecule has 2 atom stereocenters. The van der Waals surface area contributed by atoms with Gasteiger partial charge in [-0.25, -0.2) is 18.4 Å². The Kier molecular flexibility index (Phi) is 8.16. The van der Waals surface area contributed by atoms with Gasteiger partial charge in [0.25, 0.3) is 0 Å². The van der Waals surface area contributed by atoms with Gasteiger partial charge < -0.3 is 20.3 Å². The monoisotopic (exact) mass is 488 g/mol. The topological polar surface area (TPSA) is 131 Å². The number of hydrogen-bond donors (Lipinski definition) is 3. The molecule has 1 heterocycles. The van der Waals surface area contributed by atoms with Crippen LogP contribution in [-0.4, -0.2) is 40.1 Å². The number of ether oxygens (including phenoxy) is 1. The number of primary sulfonamides is 1. The number of rotatable bonds is 9. The summed E-state index contributed by atoms with van der Waals surface area (Å²) in [6, 6.07) is 11.6. The fraction of sp³-hybridized carbons (Fsp3) is 0.417. The first-order valence-corrected chi connectivity index (χ1v) is 12.9. The number of benzene rings is 2. The van der Waals surface area contributed by atoms with Gasteiger partial charge in [0, 0.05) is 37.9 Å². The van der Waals surface area contributed by atoms with Crippen molar-refractivity contribution in [2.75, 3.05) is 24.5 Å². The van der Waals surface area contributed by atoms with Gasteiger partial charge in [0.05, 0.1) is 10.8 Å². The molecule has 0 saturated carbocycles. The zero-order valence-electron chi connectivity index (χ0n) is 19.7. The van der Waals surface area contributed by atoms with E-state index in [2.05, 4.69) is 35.4 Å². The minimum absolute atomic E-state index is 0.0125. The van der Waals surface area contributed by atoms with Crippen LogP contribution < -0.4 is 25.4 Å². The fourth-order valence-electron chi connectivity index (χ4n) is 4.16. The van der Waals surface area contributed by atoms with E-state index in [1.807, 2.05) is 19.1 Å². The van der Waals surface area contributed by atoms with Crippen LogP contribution in [0, 0.1) is 5.92 Å². The highest BCUT2D eigenvalue weighted by Gasteiger charge is 2.35. The molecule has 2 aromatic carbocycles. The van der Waals surface area contributed by atoms with E-state index in [9.17, 15) is 18.0 Å². The maximum Gasteiger partial charge on any atom is 0.315 e. The molecule has 9 nitrogen and oxygen atoms in total. The van der Waals surface area contributed by atoms with Crippen molar-refractivity contribution in [3.8, 4) is 5.75 Å². The molecule has 34 heavy (non-hydrogen) atoms. The van der Waals surface area contributed by atoms with E-state index in [-0.39, 0.29) is 29.2 Å². The number of nitrogens with one attached hydrogen (secondary N) is 2. The summed E-state index contributed by atoms with van der Waals surface area (Å²) in [4.78, 5) is 27.0. The highest BCUT2D eigenvalue weighted by Crippen LogP contribution is 2.40. The number of sulfonamides is 1. The number of amides is 2. The average molecular weight is 489 g/mol. The maximum atomic E-state index is 12.7. The van der Waals surface area contributed by atoms with Gasteiger partial charge in [-0.15, -0.1) is 0 Å². The molecular weight excluding hydrogens is 456 g/mol. The lowest BCUT2D eigenvalue weighted by Crippen LogP contribution is -2.38. The first-order chi connectivity index (χ1) is 16.1. The molecule has 0 spiro atoms. The van der Waals surface area contributed by atoms with Gasteiger partial charge in [-0.1, -0.05) is 25.1 Å². The highest BCUT2D eigenvalue weighted by molar-refractivity contribution is 7.89. The summed E-state index contributed by atoms with van der Waals surface area (Å²) in [6.07, 6.45) is 0.436. The maximum absolute atomic E-state index is 12.7. The van der Waals surface area contributed by atoms with Crippen molar-refractivity contribution in [3.05, 3.63) is 53.6 Å². The van der Waals surface area contributed by atoms with Gasteiger partial charge in [-0.05, 0) is 55.5 Å². The van der Waals surface area contributed by atoms with E-state index in [0.717, 1.165) is 24.3 Å². The number of carbonyl (C=O) groups excluding carboxylic acids is 2. The van der Waals surface area contributed by atoms with E-state index in [1.165, 1.54) is 12.1 Å². The van der Waals surface area contributed by atoms with E-state index in [4.69, 9.17) is 9.88 Å². The molecule has 0 radical (unpaired) electrons. The van der Waals surface area contributed by atoms with Crippen molar-refractivity contribution in [1.82, 2.24) is 10.6 Å². The van der Waals surface area contributed by atoms with Crippen LogP contribution in [0.5, 0.6) is 5.75 Å². The summed E-state index contributed by atoms with van der Waals surface area (Å²) in [5.41, 5.74) is 2.61. The number of anilines is 1. The van der Waals surface area contributed by atoms with E-state index >= 15 is 0 Å². The van der Waals surface area contributed by atoms with Crippen LogP contribution in [0.25, 0.3) is 0 Å². The van der Waals surface area contributed by atoms with Crippen LogP contribution in [0.4, 0.5) is 10.5 Å². The third-order valence-corrected chi connectivity index (χ3v) is 7.07. The van der Waals surface area contributed by atoms with E-state index in [1.54, 1.807) is 12.1 Å². The average Bonchev–Trinajstić information content (AvgIpc) is 2.80. The summed E-state index contributed by atoms with van der Waals surface area (Å²) in [6.45, 7) is 8.33. The molecule has 2 amide bonds. The van der Waals surface area contributed by atoms with Gasteiger partial charge in [0.2, 0.25) is 10.0 Å². The van der Waals surface area contributed by atoms with Crippen molar-refractivity contribution in [1.29, 1.82) is 0 Å². The second kappa shape index (κ2) is 10.9. The van der Waals surface area contributed by atoms with Crippen LogP contribution in [-0.2, 0) is 21.4 Å². The van der Waals surface area contributed by atoms with Crippen LogP contribution in [0.15, 0.2) is 47.4 Å². The number of esters is 1. The Morgan fingerprint density at radius 2 is 1.85 bits per heavy atom. The van der Waals surface area contributed by atoms with E-state index < -0.39 is 16.1 Å². The Bertz CT molecular complexity index is 1150. The zero-order chi connectivity index (χ0) is 24.9. The molecule has 2 aromatic rings. The molecular formula is C24H32N4O5S. The molecule has 184 valence electrons. The number of nitrogens with zero attached hydrogens (tertiary/aromatic N) is 1. The quantitative estimate of drug-likeness (QED) is 0.367. The number of hydrogen-bond acceptors (Lipinski definition) is 6. The van der Waals surface area contributed by atoms with Crippen molar-refractivity contribution in [2.45, 2.75) is 44.6 Å². The van der Waals surface area contributed by atoms with Gasteiger partial charge in [0.15, 0.2) is 0 Å². The third kappa shape index (κ3) is 6.06. The summed E-state index contributed by atoms with van der Waals surface area (Å²) in [7, 11) is -3.81. The fourth-order valence-corrected chi connectivity index (χ4v) is 4.75. The van der Waals surface area contributed by atoms with Gasteiger partial charge in [-0.3, -0.25) is 4.79 Å². The molecule has 0 saturated heterocycles. The number of carbonyl (C=O) groups is 2. The Labute approximate surface area is 200 Å². The van der Waals surface area contributed by atoms with Crippen molar-refractivity contribution in [3.63, 3.8) is 0 Å². The van der Waals surface area contributed by atoms with Crippen LogP contribution in [0.3, 0.4) is 0 Å². The van der Waals surface area contributed by atoms with Gasteiger partial charge >= 0.3 is 12.0 Å². The lowest BCUT2D eigenvalue weighted by molar-refractivity contribution is -0.141. The summed E-state index contributed by atoms with van der Waals surface area (Å²) in [5, 5.41) is 10.6. The Morgan fingerprint density at radius 1 is 1.12 bits per heavy atom. The SMILES string of the molecule is CCN(CC)c1ccc2c(c1)OC(=O)C(CCNC(=O)NCc1cccc(S(N)(=O)=O)c1)C2C. The predicted molar refractivity (Wildman–Crippen MR) is 130 cm³/mol. The molecule has 0 aromatic heterocycles. The number of urea groups is 1. The standard InChI is InChI=1S/C24H32N4O5S/c1-4-28(5-2)18-9-10-20-16(3)21(23(29)33-22(20)14-18)11-12-26-24(30)27-15-17-7-6-8-19(13-17)34(25,31)32/h6-10,13-14,16,21H,4-5,11-12,15H2,1-3H3,(H2,25,31,32)(H2,26,27,30). The highest BCUT2D eigenvalue weighted by atomic mass is 32.2. The Balaban J connectivity index is 1.53. The minimum Gasteiger partial charge on any atom is -0.426 e. The van der Waals surface area contributed by atoms with Crippen molar-refractivity contribution < 1.29 is 22.7 Å². The summed E-state index contributed by atoms with van der Waals surface area (Å²) in [5.74, 6) is -0.0874. The largest absolute Gasteiger partial charge is 0.426 e. The van der Waals surface area contributed by atoms with Crippen molar-refractivity contribution in [2.24, 2.45) is 11.1 Å². The molecule has 1 aliphatic rings. The van der Waals surface area contributed by atoms with E-state index in [0.29, 0.717) is 24.3 Å². The minimum atomic E-state index is -3.81. The Hall–Kier alpha value is -3.11. The number of nitrogens with two attached hydrogens (primary N) is 1. The lowest BCUT2D eigenvalue weighted by atomic mass is 9.83. The molecule has 0 fully saturated rings. The smallest absolute Gasteiger partial charge is 0.315 e. The second-order valence-corrected chi connectivity index (χ2v) is 9.86. The molecule has 2 unspecified atom stereocenters. The van der Waals surface area contributed by atoms with Gasteiger partial charge in [0.1, 0.15) is 5.75 Å². The zero-order valence-corrected chi connectivity index (χ0v) is 20.5. The molecule has 4 N–H and O–H groups in total. The predicted octanol–water partition coefficient (Wildman–Crippen LogP) is 2.71. The molecule has 0 aliphatic carbocycles. The van der Waals surface area contributed by atoms with Crippen LogP contribution >= 0.6 is 0 Å². The third-order valence-electron chi connectivity index (χ3n) is 6.15. The van der Waals surface area contributed by atoms with Crippen LogP contribution in [0.1, 0.15) is 44.2 Å². The second-order valence-electron chi connectivity index (χ2n) is 8.30. The Morgan fingerprint density at radius 3 is 2.53 bits per heavy atom. The molecule has 0 bridgehead atoms. The lowest BCUT2D eigenvalue weighted by Gasteiger charge is -2.31. The summed E-state index contributed by atoms with van der Waals surface area (Å²) >= 11 is 0. The normalized spacial score (nSPS) is 17.5. The van der Waals surface area contributed by atoms with Crippen molar-refractivity contribution >= 4 is 27.7 Å².